The molecule has 0 bridgehead atoms. The molecule has 0 saturated carbocycles. The Labute approximate surface area is 145 Å². The largest absolute Gasteiger partial charge is 0.366 e. The first-order valence-electron chi connectivity index (χ1n) is 8.15. The number of fused-ring (bicyclic) bond motifs is 1. The van der Waals surface area contributed by atoms with Gasteiger partial charge in [-0.1, -0.05) is 11.6 Å². The van der Waals surface area contributed by atoms with E-state index in [0.29, 0.717) is 31.3 Å². The van der Waals surface area contributed by atoms with Gasteiger partial charge in [0.1, 0.15) is 11.9 Å². The molecule has 6 nitrogen and oxygen atoms in total. The molecule has 0 unspecified atom stereocenters. The molecule has 1 aromatic carbocycles. The quantitative estimate of drug-likeness (QED) is 0.866. The number of imidazole rings is 1. The van der Waals surface area contributed by atoms with Gasteiger partial charge in [0.25, 0.3) is 5.91 Å². The summed E-state index contributed by atoms with van der Waals surface area (Å²) in [4.78, 5) is 22.5. The van der Waals surface area contributed by atoms with Gasteiger partial charge in [-0.25, -0.2) is 4.98 Å². The van der Waals surface area contributed by atoms with Crippen molar-refractivity contribution in [3.05, 3.63) is 40.7 Å². The Hall–Kier alpha value is -1.89. The zero-order valence-corrected chi connectivity index (χ0v) is 14.0. The van der Waals surface area contributed by atoms with Gasteiger partial charge < -0.3 is 19.9 Å². The van der Waals surface area contributed by atoms with Crippen molar-refractivity contribution < 1.29 is 9.53 Å². The fourth-order valence-corrected chi connectivity index (χ4v) is 3.28. The van der Waals surface area contributed by atoms with Crippen LogP contribution in [0.3, 0.4) is 0 Å². The molecular weight excluding hydrogens is 328 g/mol. The molecule has 1 atom stereocenters. The Morgan fingerprint density at radius 3 is 2.92 bits per heavy atom. The van der Waals surface area contributed by atoms with Crippen molar-refractivity contribution in [3.8, 4) is 11.4 Å². The normalized spacial score (nSPS) is 20.7. The molecule has 7 heteroatoms. The lowest BCUT2D eigenvalue weighted by Gasteiger charge is -2.31. The summed E-state index contributed by atoms with van der Waals surface area (Å²) in [6.07, 6.45) is 0.379. The first-order valence-corrected chi connectivity index (χ1v) is 8.53. The molecule has 2 N–H and O–H groups in total. The van der Waals surface area contributed by atoms with Crippen LogP contribution >= 0.6 is 11.6 Å². The number of benzene rings is 1. The highest BCUT2D eigenvalue weighted by atomic mass is 35.5. The van der Waals surface area contributed by atoms with Crippen LogP contribution in [0.5, 0.6) is 0 Å². The number of nitrogens with zero attached hydrogens (tertiary/aromatic N) is 2. The number of H-pyrrole nitrogens is 1. The van der Waals surface area contributed by atoms with E-state index < -0.39 is 0 Å². The van der Waals surface area contributed by atoms with Gasteiger partial charge in [0.15, 0.2) is 0 Å². The molecule has 24 heavy (non-hydrogen) atoms. The Morgan fingerprint density at radius 2 is 2.17 bits per heavy atom. The summed E-state index contributed by atoms with van der Waals surface area (Å²) in [5.74, 6) is 0.872. The molecule has 1 aromatic heterocycles. The highest BCUT2D eigenvalue weighted by molar-refractivity contribution is 6.30. The molecule has 1 fully saturated rings. The number of aromatic nitrogens is 2. The van der Waals surface area contributed by atoms with Crippen molar-refractivity contribution in [1.29, 1.82) is 0 Å². The molecule has 2 aliphatic heterocycles. The Kier molecular flexibility index (Phi) is 4.26. The van der Waals surface area contributed by atoms with E-state index in [-0.39, 0.29) is 12.0 Å². The molecule has 2 aromatic rings. The first-order chi connectivity index (χ1) is 11.7. The van der Waals surface area contributed by atoms with Crippen molar-refractivity contribution in [2.75, 3.05) is 26.2 Å². The highest BCUT2D eigenvalue weighted by Gasteiger charge is 2.30. The minimum Gasteiger partial charge on any atom is -0.366 e. The van der Waals surface area contributed by atoms with Crippen LogP contribution in [0.2, 0.25) is 5.02 Å². The smallest absolute Gasteiger partial charge is 0.253 e. The second-order valence-corrected chi connectivity index (χ2v) is 6.53. The van der Waals surface area contributed by atoms with Gasteiger partial charge in [0, 0.05) is 36.6 Å². The minimum atomic E-state index is -0.376. The van der Waals surface area contributed by atoms with E-state index in [2.05, 4.69) is 15.3 Å². The van der Waals surface area contributed by atoms with E-state index in [0.717, 1.165) is 35.7 Å². The van der Waals surface area contributed by atoms with Gasteiger partial charge in [-0.2, -0.15) is 0 Å². The van der Waals surface area contributed by atoms with E-state index in [1.54, 1.807) is 0 Å². The third-order valence-corrected chi connectivity index (χ3v) is 4.72. The van der Waals surface area contributed by atoms with Gasteiger partial charge in [0.2, 0.25) is 0 Å². The standard InChI is InChI=1S/C17H19ClN4O2/c18-12-3-1-11(2-4-12)16-20-13-5-7-22(10-14(13)21-16)17(23)15-9-19-6-8-24-15/h1-4,15,19H,5-10H2,(H,20,21)/t15-/m0/s1. The summed E-state index contributed by atoms with van der Waals surface area (Å²) in [6.45, 7) is 3.20. The van der Waals surface area contributed by atoms with E-state index in [1.807, 2.05) is 29.2 Å². The average Bonchev–Trinajstić information content (AvgIpc) is 3.05. The molecular formula is C17H19ClN4O2. The second-order valence-electron chi connectivity index (χ2n) is 6.09. The predicted molar refractivity (Wildman–Crippen MR) is 90.8 cm³/mol. The van der Waals surface area contributed by atoms with Crippen molar-refractivity contribution in [2.45, 2.75) is 19.1 Å². The molecule has 1 saturated heterocycles. The molecule has 1 amide bonds. The van der Waals surface area contributed by atoms with Crippen molar-refractivity contribution in [3.63, 3.8) is 0 Å². The van der Waals surface area contributed by atoms with E-state index >= 15 is 0 Å². The maximum Gasteiger partial charge on any atom is 0.253 e. The van der Waals surface area contributed by atoms with Crippen molar-refractivity contribution >= 4 is 17.5 Å². The van der Waals surface area contributed by atoms with Gasteiger partial charge >= 0.3 is 0 Å². The third-order valence-electron chi connectivity index (χ3n) is 4.46. The SMILES string of the molecule is O=C([C@@H]1CNCCO1)N1CCc2nc(-c3ccc(Cl)cc3)[nH]c2C1. The number of rotatable bonds is 2. The average molecular weight is 347 g/mol. The number of hydrogen-bond acceptors (Lipinski definition) is 4. The predicted octanol–water partition coefficient (Wildman–Crippen LogP) is 1.60. The monoisotopic (exact) mass is 346 g/mol. The summed E-state index contributed by atoms with van der Waals surface area (Å²) in [6, 6.07) is 7.58. The highest BCUT2D eigenvalue weighted by Crippen LogP contribution is 2.24. The Morgan fingerprint density at radius 1 is 1.33 bits per heavy atom. The van der Waals surface area contributed by atoms with Crippen LogP contribution in [0.15, 0.2) is 24.3 Å². The minimum absolute atomic E-state index is 0.0514. The zero-order valence-electron chi connectivity index (χ0n) is 13.2. The van der Waals surface area contributed by atoms with E-state index in [4.69, 9.17) is 16.3 Å². The molecule has 2 aliphatic rings. The molecule has 0 radical (unpaired) electrons. The number of carbonyl (C=O) groups is 1. The summed E-state index contributed by atoms with van der Waals surface area (Å²) < 4.78 is 5.57. The summed E-state index contributed by atoms with van der Waals surface area (Å²) in [5, 5.41) is 3.90. The van der Waals surface area contributed by atoms with E-state index in [9.17, 15) is 4.79 Å². The number of nitrogens with one attached hydrogen (secondary N) is 2. The topological polar surface area (TPSA) is 70.2 Å². The third kappa shape index (κ3) is 3.05. The second kappa shape index (κ2) is 6.55. The summed E-state index contributed by atoms with van der Waals surface area (Å²) in [5.41, 5.74) is 3.03. The number of halogens is 1. The molecule has 3 heterocycles. The van der Waals surface area contributed by atoms with Crippen molar-refractivity contribution in [2.24, 2.45) is 0 Å². The summed E-state index contributed by atoms with van der Waals surface area (Å²) >= 11 is 5.94. The van der Waals surface area contributed by atoms with Crippen LogP contribution in [0.25, 0.3) is 11.4 Å². The van der Waals surface area contributed by atoms with Crippen molar-refractivity contribution in [1.82, 2.24) is 20.2 Å². The molecule has 126 valence electrons. The maximum atomic E-state index is 12.6. The Bertz CT molecular complexity index is 738. The number of amides is 1. The van der Waals surface area contributed by atoms with Crippen LogP contribution in [0, 0.1) is 0 Å². The molecule has 4 rings (SSSR count). The fraction of sp³-hybridized carbons (Fsp3) is 0.412. The fourth-order valence-electron chi connectivity index (χ4n) is 3.15. The Balaban J connectivity index is 1.50. The first kappa shape index (κ1) is 15.6. The van der Waals surface area contributed by atoms with Gasteiger partial charge in [0.05, 0.1) is 24.5 Å². The van der Waals surface area contributed by atoms with Crippen LogP contribution in [-0.2, 0) is 22.5 Å². The lowest BCUT2D eigenvalue weighted by atomic mass is 10.1. The number of ether oxygens (including phenoxy) is 1. The van der Waals surface area contributed by atoms with Crippen LogP contribution in [-0.4, -0.2) is 53.1 Å². The number of morpholine rings is 1. The molecule has 0 spiro atoms. The number of hydrogen-bond donors (Lipinski definition) is 2. The number of carbonyl (C=O) groups excluding carboxylic acids is 1. The van der Waals surface area contributed by atoms with Gasteiger partial charge in [-0.15, -0.1) is 0 Å². The maximum absolute atomic E-state index is 12.6. The molecule has 0 aliphatic carbocycles. The van der Waals surface area contributed by atoms with Crippen LogP contribution in [0.4, 0.5) is 0 Å². The van der Waals surface area contributed by atoms with Gasteiger partial charge in [-0.05, 0) is 24.3 Å². The number of aromatic amines is 1. The lowest BCUT2D eigenvalue weighted by Crippen LogP contribution is -2.50. The zero-order chi connectivity index (χ0) is 16.5. The summed E-state index contributed by atoms with van der Waals surface area (Å²) in [7, 11) is 0. The lowest BCUT2D eigenvalue weighted by molar-refractivity contribution is -0.146. The van der Waals surface area contributed by atoms with Crippen LogP contribution < -0.4 is 5.32 Å². The van der Waals surface area contributed by atoms with Gasteiger partial charge in [-0.3, -0.25) is 4.79 Å². The van der Waals surface area contributed by atoms with E-state index in [1.165, 1.54) is 0 Å². The van der Waals surface area contributed by atoms with Crippen LogP contribution in [0.1, 0.15) is 11.4 Å².